The fourth-order valence-electron chi connectivity index (χ4n) is 2.43. The number of hydrogen-bond acceptors (Lipinski definition) is 5. The fraction of sp³-hybridized carbons (Fsp3) is 0.111. The van der Waals surface area contributed by atoms with E-state index in [9.17, 15) is 14.9 Å². The Morgan fingerprint density at radius 3 is 2.38 bits per heavy atom. The predicted molar refractivity (Wildman–Crippen MR) is 101 cm³/mol. The Morgan fingerprint density at radius 1 is 1.15 bits per heavy atom. The second kappa shape index (κ2) is 7.40. The third kappa shape index (κ3) is 3.75. The number of rotatable bonds is 5. The first kappa shape index (κ1) is 17.7. The average molecular weight is 368 g/mol. The molecule has 1 aromatic heterocycles. The first-order valence-corrected chi connectivity index (χ1v) is 8.97. The molecule has 1 amide bonds. The van der Waals surface area contributed by atoms with Gasteiger partial charge in [-0.3, -0.25) is 14.9 Å². The van der Waals surface area contributed by atoms with Crippen molar-refractivity contribution in [3.05, 3.63) is 76.0 Å². The van der Waals surface area contributed by atoms with Crippen LogP contribution in [0.4, 0.5) is 11.5 Å². The van der Waals surface area contributed by atoms with Crippen LogP contribution in [0.2, 0.25) is 0 Å². The molecule has 0 spiro atoms. The molecule has 0 aliphatic carbocycles. The topological polar surface area (TPSA) is 90.1 Å². The Hall–Kier alpha value is -3.13. The number of nitrogens with zero attached hydrogens (tertiary/aromatic N) is 3. The van der Waals surface area contributed by atoms with Crippen LogP contribution in [-0.2, 0) is 0 Å². The van der Waals surface area contributed by atoms with Crippen molar-refractivity contribution in [1.29, 1.82) is 0 Å². The van der Waals surface area contributed by atoms with E-state index in [1.165, 1.54) is 12.1 Å². The smallest absolute Gasteiger partial charge is 0.269 e. The fourth-order valence-corrected chi connectivity index (χ4v) is 2.84. The zero-order valence-corrected chi connectivity index (χ0v) is 15.0. The molecule has 0 bridgehead atoms. The predicted octanol–water partition coefficient (Wildman–Crippen LogP) is 4.06. The van der Waals surface area contributed by atoms with E-state index in [2.05, 4.69) is 10.4 Å². The maximum atomic E-state index is 12.5. The van der Waals surface area contributed by atoms with Gasteiger partial charge >= 0.3 is 0 Å². The van der Waals surface area contributed by atoms with Crippen LogP contribution in [0.15, 0.2) is 59.5 Å². The van der Waals surface area contributed by atoms with Gasteiger partial charge in [-0.2, -0.15) is 5.10 Å². The Bertz CT molecular complexity index is 950. The maximum absolute atomic E-state index is 12.5. The van der Waals surface area contributed by atoms with Gasteiger partial charge in [0.05, 0.1) is 16.3 Å². The SMILES string of the molecule is CSc1ccc(C(=O)Nc2cc(C)nn2-c2ccc([N+](=O)[O-])cc2)cc1. The molecule has 2 aromatic carbocycles. The molecule has 0 atom stereocenters. The van der Waals surface area contributed by atoms with Crippen LogP contribution in [0.1, 0.15) is 16.1 Å². The summed E-state index contributed by atoms with van der Waals surface area (Å²) in [6.07, 6.45) is 1.97. The van der Waals surface area contributed by atoms with E-state index in [0.717, 1.165) is 10.6 Å². The molecular formula is C18H16N4O3S. The van der Waals surface area contributed by atoms with E-state index in [0.29, 0.717) is 17.1 Å². The Kier molecular flexibility index (Phi) is 5.04. The van der Waals surface area contributed by atoms with Gasteiger partial charge in [0.15, 0.2) is 0 Å². The Balaban J connectivity index is 1.86. The van der Waals surface area contributed by atoms with Gasteiger partial charge in [-0.25, -0.2) is 4.68 Å². The highest BCUT2D eigenvalue weighted by Gasteiger charge is 2.13. The minimum Gasteiger partial charge on any atom is -0.306 e. The first-order chi connectivity index (χ1) is 12.5. The summed E-state index contributed by atoms with van der Waals surface area (Å²) < 4.78 is 1.55. The number of nitro benzene ring substituents is 1. The summed E-state index contributed by atoms with van der Waals surface area (Å²) in [6.45, 7) is 1.81. The number of hydrogen-bond donors (Lipinski definition) is 1. The van der Waals surface area contributed by atoms with Gasteiger partial charge in [-0.05, 0) is 49.6 Å². The van der Waals surface area contributed by atoms with Crippen molar-refractivity contribution >= 4 is 29.2 Å². The van der Waals surface area contributed by atoms with Gasteiger partial charge in [-0.1, -0.05) is 0 Å². The van der Waals surface area contributed by atoms with E-state index in [1.807, 2.05) is 25.3 Å². The van der Waals surface area contributed by atoms with E-state index < -0.39 is 4.92 Å². The highest BCUT2D eigenvalue weighted by atomic mass is 32.2. The zero-order chi connectivity index (χ0) is 18.7. The third-order valence-electron chi connectivity index (χ3n) is 3.73. The van der Waals surface area contributed by atoms with E-state index in [-0.39, 0.29) is 11.6 Å². The molecule has 0 fully saturated rings. The molecule has 0 unspecified atom stereocenters. The minimum atomic E-state index is -0.459. The van der Waals surface area contributed by atoms with Crippen LogP contribution in [-0.4, -0.2) is 26.9 Å². The van der Waals surface area contributed by atoms with Crippen molar-refractivity contribution < 1.29 is 9.72 Å². The number of nitro groups is 1. The van der Waals surface area contributed by atoms with Crippen molar-refractivity contribution in [3.8, 4) is 5.69 Å². The van der Waals surface area contributed by atoms with Crippen LogP contribution >= 0.6 is 11.8 Å². The molecule has 0 aliphatic heterocycles. The largest absolute Gasteiger partial charge is 0.306 e. The lowest BCUT2D eigenvalue weighted by Crippen LogP contribution is -2.15. The lowest BCUT2D eigenvalue weighted by Gasteiger charge is -2.09. The molecule has 0 radical (unpaired) electrons. The van der Waals surface area contributed by atoms with Gasteiger partial charge in [0.25, 0.3) is 11.6 Å². The highest BCUT2D eigenvalue weighted by Crippen LogP contribution is 2.21. The van der Waals surface area contributed by atoms with Gasteiger partial charge in [-0.15, -0.1) is 11.8 Å². The number of anilines is 1. The standard InChI is InChI=1S/C18H16N4O3S/c1-12-11-17(19-18(23)13-3-9-16(26-2)10-4-13)21(20-12)14-5-7-15(8-6-14)22(24)25/h3-11H,1-2H3,(H,19,23). The second-order valence-electron chi connectivity index (χ2n) is 5.54. The number of amides is 1. The summed E-state index contributed by atoms with van der Waals surface area (Å²) in [5, 5.41) is 18.0. The summed E-state index contributed by atoms with van der Waals surface area (Å²) in [6, 6.07) is 15.0. The second-order valence-corrected chi connectivity index (χ2v) is 6.42. The van der Waals surface area contributed by atoms with Crippen molar-refractivity contribution in [2.75, 3.05) is 11.6 Å². The molecule has 26 heavy (non-hydrogen) atoms. The number of nitrogens with one attached hydrogen (secondary N) is 1. The summed E-state index contributed by atoms with van der Waals surface area (Å²) >= 11 is 1.61. The van der Waals surface area contributed by atoms with Crippen molar-refractivity contribution in [1.82, 2.24) is 9.78 Å². The monoisotopic (exact) mass is 368 g/mol. The molecule has 132 valence electrons. The molecule has 8 heteroatoms. The molecule has 0 aliphatic rings. The van der Waals surface area contributed by atoms with Crippen LogP contribution < -0.4 is 5.32 Å². The van der Waals surface area contributed by atoms with Crippen LogP contribution in [0.25, 0.3) is 5.69 Å². The zero-order valence-electron chi connectivity index (χ0n) is 14.2. The van der Waals surface area contributed by atoms with Crippen LogP contribution in [0.5, 0.6) is 0 Å². The summed E-state index contributed by atoms with van der Waals surface area (Å²) in [7, 11) is 0. The molecule has 0 saturated heterocycles. The molecule has 0 saturated carbocycles. The maximum Gasteiger partial charge on any atom is 0.269 e. The minimum absolute atomic E-state index is 0.00269. The number of aryl methyl sites for hydroxylation is 1. The molecule has 3 rings (SSSR count). The molecule has 1 heterocycles. The van der Waals surface area contributed by atoms with Gasteiger partial charge in [0.1, 0.15) is 5.82 Å². The average Bonchev–Trinajstić information content (AvgIpc) is 3.02. The van der Waals surface area contributed by atoms with Crippen molar-refractivity contribution in [2.45, 2.75) is 11.8 Å². The van der Waals surface area contributed by atoms with Gasteiger partial charge in [0, 0.05) is 28.7 Å². The van der Waals surface area contributed by atoms with Crippen LogP contribution in [0, 0.1) is 17.0 Å². The number of benzene rings is 2. The number of carbonyl (C=O) groups excluding carboxylic acids is 1. The number of thioether (sulfide) groups is 1. The van der Waals surface area contributed by atoms with Crippen molar-refractivity contribution in [3.63, 3.8) is 0 Å². The summed E-state index contributed by atoms with van der Waals surface area (Å²) in [5.74, 6) is 0.246. The summed E-state index contributed by atoms with van der Waals surface area (Å²) in [4.78, 5) is 23.9. The molecule has 3 aromatic rings. The lowest BCUT2D eigenvalue weighted by molar-refractivity contribution is -0.384. The quantitative estimate of drug-likeness (QED) is 0.417. The summed E-state index contributed by atoms with van der Waals surface area (Å²) in [5.41, 5.74) is 1.88. The van der Waals surface area contributed by atoms with E-state index in [4.69, 9.17) is 0 Å². The lowest BCUT2D eigenvalue weighted by atomic mass is 10.2. The van der Waals surface area contributed by atoms with Gasteiger partial charge in [0.2, 0.25) is 0 Å². The number of non-ortho nitro benzene ring substituents is 1. The number of aromatic nitrogens is 2. The van der Waals surface area contributed by atoms with Gasteiger partial charge < -0.3 is 5.32 Å². The molecule has 1 N–H and O–H groups in total. The Morgan fingerprint density at radius 2 is 1.81 bits per heavy atom. The highest BCUT2D eigenvalue weighted by molar-refractivity contribution is 7.98. The van der Waals surface area contributed by atoms with Crippen molar-refractivity contribution in [2.24, 2.45) is 0 Å². The molecule has 7 nitrogen and oxygen atoms in total. The Labute approximate surface area is 154 Å². The third-order valence-corrected chi connectivity index (χ3v) is 4.47. The first-order valence-electron chi connectivity index (χ1n) is 7.75. The van der Waals surface area contributed by atoms with E-state index >= 15 is 0 Å². The molecular weight excluding hydrogens is 352 g/mol. The van der Waals surface area contributed by atoms with Crippen LogP contribution in [0.3, 0.4) is 0 Å². The van der Waals surface area contributed by atoms with E-state index in [1.54, 1.807) is 46.8 Å². The number of carbonyl (C=O) groups is 1. The normalized spacial score (nSPS) is 10.5.